The summed E-state index contributed by atoms with van der Waals surface area (Å²) in [5, 5.41) is 10.9. The van der Waals surface area contributed by atoms with Gasteiger partial charge in [0.25, 0.3) is 0 Å². The number of likely N-dealkylation sites (tertiary alicyclic amines) is 1. The van der Waals surface area contributed by atoms with Gasteiger partial charge in [-0.05, 0) is 44.4 Å². The molecule has 2 amide bonds. The smallest absolute Gasteiger partial charge is 0.320 e. The van der Waals surface area contributed by atoms with Crippen LogP contribution in [0.2, 0.25) is 0 Å². The Balaban J connectivity index is 1.50. The molecule has 1 saturated carbocycles. The molecule has 2 unspecified atom stereocenters. The van der Waals surface area contributed by atoms with E-state index < -0.39 is 11.6 Å². The highest BCUT2D eigenvalue weighted by Crippen LogP contribution is 2.33. The first kappa shape index (κ1) is 24.6. The highest BCUT2D eigenvalue weighted by molar-refractivity contribution is 5.89. The Labute approximate surface area is 199 Å². The average Bonchev–Trinajstić information content (AvgIpc) is 3.35. The van der Waals surface area contributed by atoms with Crippen molar-refractivity contribution < 1.29 is 18.3 Å². The molecule has 0 radical (unpaired) electrons. The van der Waals surface area contributed by atoms with Gasteiger partial charge in [-0.2, -0.15) is 5.10 Å². The van der Waals surface area contributed by atoms with Crippen molar-refractivity contribution >= 4 is 11.8 Å². The van der Waals surface area contributed by atoms with Crippen molar-refractivity contribution in [1.82, 2.24) is 20.0 Å². The standard InChI is InChI=1S/C25H35F2N5O2/c1-16-17(2)30-32(19-7-5-4-6-8-19)24(16)29-25(33)28-23-15-31(11-12-34-3)14-20(23)18-9-10-21(26)22(27)13-18/h9-10,13,19-20,23H,4-8,11-12,14-15H2,1-3H3,(H2,28,29,33). The molecule has 4 rings (SSSR count). The zero-order chi connectivity index (χ0) is 24.2. The topological polar surface area (TPSA) is 71.4 Å². The number of methoxy groups -OCH3 is 1. The molecule has 0 bridgehead atoms. The van der Waals surface area contributed by atoms with E-state index in [4.69, 9.17) is 9.84 Å². The number of aromatic nitrogens is 2. The minimum Gasteiger partial charge on any atom is -0.383 e. The van der Waals surface area contributed by atoms with Crippen LogP contribution in [0.3, 0.4) is 0 Å². The highest BCUT2D eigenvalue weighted by Gasteiger charge is 2.35. The fraction of sp³-hybridized carbons (Fsp3) is 0.600. The van der Waals surface area contributed by atoms with Crippen molar-refractivity contribution in [3.63, 3.8) is 0 Å². The lowest BCUT2D eigenvalue weighted by Crippen LogP contribution is -2.42. The molecule has 186 valence electrons. The SMILES string of the molecule is COCCN1CC(NC(=O)Nc2c(C)c(C)nn2C2CCCCC2)C(c2ccc(F)c(F)c2)C1. The summed E-state index contributed by atoms with van der Waals surface area (Å²) < 4.78 is 34.7. The summed E-state index contributed by atoms with van der Waals surface area (Å²) in [7, 11) is 1.64. The summed E-state index contributed by atoms with van der Waals surface area (Å²) >= 11 is 0. The van der Waals surface area contributed by atoms with Gasteiger partial charge in [-0.25, -0.2) is 18.3 Å². The lowest BCUT2D eigenvalue weighted by molar-refractivity contribution is 0.159. The second-order valence-corrected chi connectivity index (χ2v) is 9.53. The maximum atomic E-state index is 14.0. The molecule has 0 spiro atoms. The Hall–Kier alpha value is -2.52. The quantitative estimate of drug-likeness (QED) is 0.618. The Morgan fingerprint density at radius 1 is 1.15 bits per heavy atom. The van der Waals surface area contributed by atoms with Crippen LogP contribution in [0.15, 0.2) is 18.2 Å². The number of halogens is 2. The van der Waals surface area contributed by atoms with E-state index in [9.17, 15) is 13.6 Å². The molecule has 2 heterocycles. The zero-order valence-electron chi connectivity index (χ0n) is 20.2. The maximum Gasteiger partial charge on any atom is 0.320 e. The Bertz CT molecular complexity index is 1010. The van der Waals surface area contributed by atoms with E-state index in [2.05, 4.69) is 15.5 Å². The van der Waals surface area contributed by atoms with Gasteiger partial charge >= 0.3 is 6.03 Å². The molecule has 1 aliphatic heterocycles. The van der Waals surface area contributed by atoms with Crippen molar-refractivity contribution in [2.24, 2.45) is 0 Å². The van der Waals surface area contributed by atoms with Gasteiger partial charge in [-0.3, -0.25) is 10.2 Å². The third kappa shape index (κ3) is 5.41. The van der Waals surface area contributed by atoms with Crippen molar-refractivity contribution in [2.75, 3.05) is 38.7 Å². The van der Waals surface area contributed by atoms with Crippen molar-refractivity contribution in [2.45, 2.75) is 64.0 Å². The summed E-state index contributed by atoms with van der Waals surface area (Å²) in [6, 6.07) is 3.70. The summed E-state index contributed by atoms with van der Waals surface area (Å²) in [4.78, 5) is 15.3. The second kappa shape index (κ2) is 10.8. The van der Waals surface area contributed by atoms with Crippen LogP contribution in [0.5, 0.6) is 0 Å². The van der Waals surface area contributed by atoms with E-state index in [0.717, 1.165) is 36.0 Å². The molecule has 9 heteroatoms. The van der Waals surface area contributed by atoms with Crippen LogP contribution in [-0.4, -0.2) is 60.1 Å². The van der Waals surface area contributed by atoms with Gasteiger partial charge in [0.15, 0.2) is 11.6 Å². The third-order valence-electron chi connectivity index (χ3n) is 7.23. The number of nitrogens with zero attached hydrogens (tertiary/aromatic N) is 3. The molecule has 1 aromatic heterocycles. The van der Waals surface area contributed by atoms with E-state index in [1.54, 1.807) is 13.2 Å². The molecule has 1 aliphatic carbocycles. The number of amides is 2. The van der Waals surface area contributed by atoms with Gasteiger partial charge in [0, 0.05) is 38.2 Å². The van der Waals surface area contributed by atoms with Crippen molar-refractivity contribution in [3.8, 4) is 0 Å². The monoisotopic (exact) mass is 475 g/mol. The minimum atomic E-state index is -0.876. The predicted molar refractivity (Wildman–Crippen MR) is 127 cm³/mol. The van der Waals surface area contributed by atoms with E-state index >= 15 is 0 Å². The molecular formula is C25H35F2N5O2. The van der Waals surface area contributed by atoms with Crippen LogP contribution in [-0.2, 0) is 4.74 Å². The molecule has 1 saturated heterocycles. The molecule has 2 atom stereocenters. The van der Waals surface area contributed by atoms with Gasteiger partial charge < -0.3 is 10.1 Å². The summed E-state index contributed by atoms with van der Waals surface area (Å²) in [5.74, 6) is -1.18. The van der Waals surface area contributed by atoms with Gasteiger partial charge in [-0.15, -0.1) is 0 Å². The molecule has 7 nitrogen and oxygen atoms in total. The Morgan fingerprint density at radius 3 is 2.62 bits per heavy atom. The number of rotatable bonds is 7. The fourth-order valence-corrected chi connectivity index (χ4v) is 5.20. The highest BCUT2D eigenvalue weighted by atomic mass is 19.2. The van der Waals surface area contributed by atoms with Crippen LogP contribution < -0.4 is 10.6 Å². The Morgan fingerprint density at radius 2 is 1.91 bits per heavy atom. The number of anilines is 1. The van der Waals surface area contributed by atoms with E-state index in [1.165, 1.54) is 25.3 Å². The van der Waals surface area contributed by atoms with Crippen LogP contribution in [0, 0.1) is 25.5 Å². The summed E-state index contributed by atoms with van der Waals surface area (Å²) in [6.45, 7) is 6.41. The van der Waals surface area contributed by atoms with Crippen molar-refractivity contribution in [3.05, 3.63) is 46.7 Å². The number of carbonyl (C=O) groups excluding carboxylic acids is 1. The molecule has 2 aromatic rings. The lowest BCUT2D eigenvalue weighted by Gasteiger charge is -2.25. The van der Waals surface area contributed by atoms with Crippen LogP contribution in [0.4, 0.5) is 19.4 Å². The van der Waals surface area contributed by atoms with E-state index in [1.807, 2.05) is 18.5 Å². The molecule has 2 aliphatic rings. The molecule has 1 aromatic carbocycles. The first-order valence-corrected chi connectivity index (χ1v) is 12.2. The number of benzene rings is 1. The number of hydrogen-bond donors (Lipinski definition) is 2. The molecule has 34 heavy (non-hydrogen) atoms. The number of aryl methyl sites for hydroxylation is 1. The minimum absolute atomic E-state index is 0.163. The predicted octanol–water partition coefficient (Wildman–Crippen LogP) is 4.52. The van der Waals surface area contributed by atoms with E-state index in [-0.39, 0.29) is 18.0 Å². The maximum absolute atomic E-state index is 14.0. The summed E-state index contributed by atoms with van der Waals surface area (Å²) in [5.41, 5.74) is 2.54. The number of ether oxygens (including phenoxy) is 1. The number of carbonyl (C=O) groups is 1. The van der Waals surface area contributed by atoms with Gasteiger partial charge in [-0.1, -0.05) is 25.3 Å². The Kier molecular flexibility index (Phi) is 7.83. The van der Waals surface area contributed by atoms with Gasteiger partial charge in [0.1, 0.15) is 5.82 Å². The van der Waals surface area contributed by atoms with E-state index in [0.29, 0.717) is 37.8 Å². The zero-order valence-corrected chi connectivity index (χ0v) is 20.2. The van der Waals surface area contributed by atoms with Crippen LogP contribution >= 0.6 is 0 Å². The first-order valence-electron chi connectivity index (χ1n) is 12.2. The van der Waals surface area contributed by atoms with Gasteiger partial charge in [0.2, 0.25) is 0 Å². The molecule has 2 N–H and O–H groups in total. The number of nitrogens with one attached hydrogen (secondary N) is 2. The van der Waals surface area contributed by atoms with Crippen LogP contribution in [0.25, 0.3) is 0 Å². The second-order valence-electron chi connectivity index (χ2n) is 9.53. The van der Waals surface area contributed by atoms with Crippen molar-refractivity contribution in [1.29, 1.82) is 0 Å². The van der Waals surface area contributed by atoms with Gasteiger partial charge in [0.05, 0.1) is 24.4 Å². The first-order chi connectivity index (χ1) is 16.4. The number of hydrogen-bond acceptors (Lipinski definition) is 4. The average molecular weight is 476 g/mol. The largest absolute Gasteiger partial charge is 0.383 e. The number of urea groups is 1. The molecular weight excluding hydrogens is 440 g/mol. The van der Waals surface area contributed by atoms with Crippen LogP contribution in [0.1, 0.15) is 60.9 Å². The third-order valence-corrected chi connectivity index (χ3v) is 7.23. The normalized spacial score (nSPS) is 21.7. The summed E-state index contributed by atoms with van der Waals surface area (Å²) in [6.07, 6.45) is 5.71. The lowest BCUT2D eigenvalue weighted by atomic mass is 9.94. The fourth-order valence-electron chi connectivity index (χ4n) is 5.20. The molecule has 2 fully saturated rings.